The molecule has 2 aromatic carbocycles. The number of nitrogens with one attached hydrogen (secondary N) is 2. The topological polar surface area (TPSA) is 27.3 Å². The van der Waals surface area contributed by atoms with Gasteiger partial charge in [0.2, 0.25) is 0 Å². The number of benzene rings is 2. The summed E-state index contributed by atoms with van der Waals surface area (Å²) in [6.45, 7) is 5.24. The minimum absolute atomic E-state index is 0.367. The number of anilines is 1. The van der Waals surface area contributed by atoms with Crippen molar-refractivity contribution in [1.82, 2.24) is 10.2 Å². The lowest BCUT2D eigenvalue weighted by Gasteiger charge is -2.28. The summed E-state index contributed by atoms with van der Waals surface area (Å²) >= 11 is 5.47. The molecule has 3 rings (SSSR count). The summed E-state index contributed by atoms with van der Waals surface area (Å²) in [5.41, 5.74) is 3.62. The summed E-state index contributed by atoms with van der Waals surface area (Å²) in [4.78, 5) is 2.55. The Morgan fingerprint density at radius 1 is 1.04 bits per heavy atom. The summed E-state index contributed by atoms with van der Waals surface area (Å²) in [6.07, 6.45) is 2.57. The van der Waals surface area contributed by atoms with E-state index in [1.54, 1.807) is 0 Å². The molecule has 0 bridgehead atoms. The summed E-state index contributed by atoms with van der Waals surface area (Å²) in [6, 6.07) is 19.4. The molecule has 0 aliphatic carbocycles. The molecule has 1 saturated heterocycles. The zero-order chi connectivity index (χ0) is 16.8. The Kier molecular flexibility index (Phi) is 5.83. The van der Waals surface area contributed by atoms with Crippen LogP contribution in [-0.2, 0) is 0 Å². The van der Waals surface area contributed by atoms with Gasteiger partial charge in [0.05, 0.1) is 6.04 Å². The van der Waals surface area contributed by atoms with Gasteiger partial charge in [0, 0.05) is 12.2 Å². The number of hydrogen-bond donors (Lipinski definition) is 2. The first-order valence-electron chi connectivity index (χ1n) is 8.63. The molecule has 0 aromatic heterocycles. The van der Waals surface area contributed by atoms with Gasteiger partial charge < -0.3 is 10.6 Å². The molecule has 0 radical (unpaired) electrons. The minimum Gasteiger partial charge on any atom is -0.361 e. The summed E-state index contributed by atoms with van der Waals surface area (Å²) in [7, 11) is 0. The Balaban J connectivity index is 1.60. The van der Waals surface area contributed by atoms with Crippen LogP contribution in [0.3, 0.4) is 0 Å². The molecule has 1 atom stereocenters. The van der Waals surface area contributed by atoms with Crippen LogP contribution in [-0.4, -0.2) is 29.6 Å². The number of likely N-dealkylation sites (tertiary alicyclic amines) is 1. The zero-order valence-electron chi connectivity index (χ0n) is 14.2. The van der Waals surface area contributed by atoms with Crippen LogP contribution >= 0.6 is 12.2 Å². The Hall–Kier alpha value is -1.91. The van der Waals surface area contributed by atoms with E-state index < -0.39 is 0 Å². The Bertz CT molecular complexity index is 648. The van der Waals surface area contributed by atoms with Crippen LogP contribution in [0, 0.1) is 6.92 Å². The van der Waals surface area contributed by atoms with Crippen LogP contribution < -0.4 is 10.6 Å². The van der Waals surface area contributed by atoms with Crippen molar-refractivity contribution in [2.75, 3.05) is 25.0 Å². The third-order valence-corrected chi connectivity index (χ3v) is 4.78. The monoisotopic (exact) mass is 339 g/mol. The van der Waals surface area contributed by atoms with E-state index >= 15 is 0 Å². The zero-order valence-corrected chi connectivity index (χ0v) is 15.0. The molecule has 2 N–H and O–H groups in total. The molecule has 1 fully saturated rings. The van der Waals surface area contributed by atoms with Gasteiger partial charge in [-0.2, -0.15) is 0 Å². The van der Waals surface area contributed by atoms with Gasteiger partial charge in [-0.25, -0.2) is 0 Å². The van der Waals surface area contributed by atoms with Crippen molar-refractivity contribution in [1.29, 1.82) is 0 Å². The van der Waals surface area contributed by atoms with E-state index in [4.69, 9.17) is 12.2 Å². The maximum Gasteiger partial charge on any atom is 0.170 e. The van der Waals surface area contributed by atoms with E-state index in [0.29, 0.717) is 11.2 Å². The molecule has 0 spiro atoms. The average molecular weight is 340 g/mol. The first kappa shape index (κ1) is 16.9. The SMILES string of the molecule is Cc1ccc(NC(=S)NC[C@H](c2ccccc2)N2CCCC2)cc1. The lowest BCUT2D eigenvalue weighted by atomic mass is 10.1. The van der Waals surface area contributed by atoms with Crippen LogP contribution in [0.4, 0.5) is 5.69 Å². The highest BCUT2D eigenvalue weighted by Gasteiger charge is 2.23. The molecule has 1 heterocycles. The van der Waals surface area contributed by atoms with Crippen molar-refractivity contribution in [3.05, 3.63) is 65.7 Å². The molecule has 0 amide bonds. The second-order valence-electron chi connectivity index (χ2n) is 6.37. The van der Waals surface area contributed by atoms with Crippen molar-refractivity contribution < 1.29 is 0 Å². The first-order chi connectivity index (χ1) is 11.7. The van der Waals surface area contributed by atoms with E-state index in [1.165, 1.54) is 37.1 Å². The Morgan fingerprint density at radius 2 is 1.71 bits per heavy atom. The fourth-order valence-corrected chi connectivity index (χ4v) is 3.39. The molecule has 1 aliphatic rings. The smallest absolute Gasteiger partial charge is 0.170 e. The summed E-state index contributed by atoms with van der Waals surface area (Å²) in [5.74, 6) is 0. The standard InChI is InChI=1S/C20H25N3S/c1-16-9-11-18(12-10-16)22-20(24)21-15-19(23-13-5-6-14-23)17-7-3-2-4-8-17/h2-4,7-12,19H,5-6,13-15H2,1H3,(H2,21,22,24)/t19-/m1/s1. The van der Waals surface area contributed by atoms with Crippen molar-refractivity contribution in [2.24, 2.45) is 0 Å². The number of thiocarbonyl (C=S) groups is 1. The fraction of sp³-hybridized carbons (Fsp3) is 0.350. The van der Waals surface area contributed by atoms with Gasteiger partial charge in [-0.05, 0) is 62.8 Å². The van der Waals surface area contributed by atoms with Crippen LogP contribution in [0.1, 0.15) is 30.0 Å². The van der Waals surface area contributed by atoms with Gasteiger partial charge in [0.1, 0.15) is 0 Å². The lowest BCUT2D eigenvalue weighted by molar-refractivity contribution is 0.246. The fourth-order valence-electron chi connectivity index (χ4n) is 3.19. The largest absolute Gasteiger partial charge is 0.361 e. The molecule has 4 heteroatoms. The highest BCUT2D eigenvalue weighted by molar-refractivity contribution is 7.80. The van der Waals surface area contributed by atoms with Crippen molar-refractivity contribution >= 4 is 23.0 Å². The van der Waals surface area contributed by atoms with Gasteiger partial charge in [-0.3, -0.25) is 4.90 Å². The van der Waals surface area contributed by atoms with E-state index in [9.17, 15) is 0 Å². The van der Waals surface area contributed by atoms with E-state index in [2.05, 4.69) is 77.1 Å². The minimum atomic E-state index is 0.367. The predicted molar refractivity (Wildman–Crippen MR) is 105 cm³/mol. The van der Waals surface area contributed by atoms with Gasteiger partial charge in [0.25, 0.3) is 0 Å². The van der Waals surface area contributed by atoms with Gasteiger partial charge in [-0.1, -0.05) is 48.0 Å². The molecule has 3 nitrogen and oxygen atoms in total. The molecule has 1 aliphatic heterocycles. The Morgan fingerprint density at radius 3 is 2.38 bits per heavy atom. The quantitative estimate of drug-likeness (QED) is 0.802. The van der Waals surface area contributed by atoms with Crippen molar-refractivity contribution in [3.8, 4) is 0 Å². The van der Waals surface area contributed by atoms with Gasteiger partial charge in [-0.15, -0.1) is 0 Å². The summed E-state index contributed by atoms with van der Waals surface area (Å²) in [5, 5.41) is 7.35. The van der Waals surface area contributed by atoms with Gasteiger partial charge in [0.15, 0.2) is 5.11 Å². The molecular formula is C20H25N3S. The number of aryl methyl sites for hydroxylation is 1. The highest BCUT2D eigenvalue weighted by Crippen LogP contribution is 2.24. The number of nitrogens with zero attached hydrogens (tertiary/aromatic N) is 1. The molecule has 24 heavy (non-hydrogen) atoms. The lowest BCUT2D eigenvalue weighted by Crippen LogP contribution is -2.38. The molecule has 126 valence electrons. The Labute approximate surface area is 150 Å². The third kappa shape index (κ3) is 4.56. The van der Waals surface area contributed by atoms with Crippen LogP contribution in [0.25, 0.3) is 0 Å². The summed E-state index contributed by atoms with van der Waals surface area (Å²) < 4.78 is 0. The van der Waals surface area contributed by atoms with Crippen LogP contribution in [0.15, 0.2) is 54.6 Å². The van der Waals surface area contributed by atoms with Crippen molar-refractivity contribution in [2.45, 2.75) is 25.8 Å². The van der Waals surface area contributed by atoms with Crippen molar-refractivity contribution in [3.63, 3.8) is 0 Å². The molecule has 0 saturated carbocycles. The number of rotatable bonds is 5. The maximum atomic E-state index is 5.47. The van der Waals surface area contributed by atoms with Crippen LogP contribution in [0.2, 0.25) is 0 Å². The number of hydrogen-bond acceptors (Lipinski definition) is 2. The third-order valence-electron chi connectivity index (χ3n) is 4.53. The highest BCUT2D eigenvalue weighted by atomic mass is 32.1. The molecule has 2 aromatic rings. The molecule has 0 unspecified atom stereocenters. The predicted octanol–water partition coefficient (Wildman–Crippen LogP) is 4.12. The van der Waals surface area contributed by atoms with Crippen LogP contribution in [0.5, 0.6) is 0 Å². The maximum absolute atomic E-state index is 5.47. The van der Waals surface area contributed by atoms with E-state index in [1.807, 2.05) is 0 Å². The van der Waals surface area contributed by atoms with E-state index in [0.717, 1.165) is 12.2 Å². The normalized spacial score (nSPS) is 15.9. The first-order valence-corrected chi connectivity index (χ1v) is 9.04. The van der Waals surface area contributed by atoms with E-state index in [-0.39, 0.29) is 0 Å². The molecular weight excluding hydrogens is 314 g/mol. The average Bonchev–Trinajstić information content (AvgIpc) is 3.12. The van der Waals surface area contributed by atoms with Gasteiger partial charge >= 0.3 is 0 Å². The second-order valence-corrected chi connectivity index (χ2v) is 6.78. The second kappa shape index (κ2) is 8.27.